The van der Waals surface area contributed by atoms with E-state index in [4.69, 9.17) is 5.73 Å². The first-order chi connectivity index (χ1) is 4.58. The largest absolute Gasteiger partial charge is 0.356 e. The van der Waals surface area contributed by atoms with Crippen LogP contribution in [0.1, 0.15) is 20.3 Å². The van der Waals surface area contributed by atoms with E-state index in [1.807, 2.05) is 13.8 Å². The molecule has 0 aliphatic heterocycles. The summed E-state index contributed by atoms with van der Waals surface area (Å²) < 4.78 is 0. The molecule has 1 aliphatic carbocycles. The summed E-state index contributed by atoms with van der Waals surface area (Å²) in [5.41, 5.74) is 5.46. The average molecular weight is 142 g/mol. The number of carbonyl (C=O) groups excluding carboxylic acids is 1. The molecule has 1 fully saturated rings. The van der Waals surface area contributed by atoms with E-state index in [1.165, 1.54) is 0 Å². The molecule has 0 spiro atoms. The molecule has 1 saturated carbocycles. The number of carbonyl (C=O) groups is 1. The summed E-state index contributed by atoms with van der Waals surface area (Å²) in [5, 5.41) is 2.74. The van der Waals surface area contributed by atoms with E-state index in [0.29, 0.717) is 6.54 Å². The lowest BCUT2D eigenvalue weighted by Gasteiger charge is -2.02. The quantitative estimate of drug-likeness (QED) is 0.564. The summed E-state index contributed by atoms with van der Waals surface area (Å²) in [6.07, 6.45) is 0.832. The molecular formula is C7H14N2O. The van der Waals surface area contributed by atoms with Crippen molar-refractivity contribution in [3.63, 3.8) is 0 Å². The Balaban J connectivity index is 2.33. The Kier molecular flexibility index (Phi) is 1.68. The van der Waals surface area contributed by atoms with Crippen LogP contribution in [0.5, 0.6) is 0 Å². The van der Waals surface area contributed by atoms with Crippen LogP contribution in [0.15, 0.2) is 0 Å². The number of rotatable bonds is 2. The molecule has 1 rings (SSSR count). The number of nitrogens with two attached hydrogens (primary N) is 1. The first-order valence-electron chi connectivity index (χ1n) is 3.64. The lowest BCUT2D eigenvalue weighted by molar-refractivity contribution is -0.122. The minimum absolute atomic E-state index is 0.0625. The lowest BCUT2D eigenvalue weighted by atomic mass is 10.2. The second-order valence-electron chi connectivity index (χ2n) is 3.16. The highest BCUT2D eigenvalue weighted by molar-refractivity contribution is 5.83. The maximum atomic E-state index is 11.0. The highest BCUT2D eigenvalue weighted by Gasteiger charge is 2.51. The van der Waals surface area contributed by atoms with Crippen molar-refractivity contribution in [2.75, 3.05) is 6.54 Å². The monoisotopic (exact) mass is 142 g/mol. The summed E-state index contributed by atoms with van der Waals surface area (Å²) in [6, 6.07) is 0. The fourth-order valence-electron chi connectivity index (χ4n) is 1.07. The van der Waals surface area contributed by atoms with Gasteiger partial charge < -0.3 is 11.1 Å². The minimum Gasteiger partial charge on any atom is -0.356 e. The third-order valence-electron chi connectivity index (χ3n) is 1.95. The smallest absolute Gasteiger partial charge is 0.225 e. The highest BCUT2D eigenvalue weighted by atomic mass is 16.2. The van der Waals surface area contributed by atoms with Crippen LogP contribution < -0.4 is 11.1 Å². The first kappa shape index (κ1) is 7.54. The highest BCUT2D eigenvalue weighted by Crippen LogP contribution is 2.40. The second-order valence-corrected chi connectivity index (χ2v) is 3.16. The molecule has 10 heavy (non-hydrogen) atoms. The van der Waals surface area contributed by atoms with Crippen LogP contribution in [0, 0.1) is 5.92 Å². The molecule has 0 bridgehead atoms. The molecule has 3 nitrogen and oxygen atoms in total. The van der Waals surface area contributed by atoms with Gasteiger partial charge in [0, 0.05) is 12.1 Å². The Morgan fingerprint density at radius 2 is 2.40 bits per heavy atom. The van der Waals surface area contributed by atoms with Crippen LogP contribution in [-0.4, -0.2) is 18.0 Å². The number of nitrogens with one attached hydrogen (secondary N) is 1. The van der Waals surface area contributed by atoms with E-state index < -0.39 is 0 Å². The number of hydrogen-bond acceptors (Lipinski definition) is 2. The van der Waals surface area contributed by atoms with Gasteiger partial charge in [0.05, 0.1) is 5.92 Å². The first-order valence-corrected chi connectivity index (χ1v) is 3.64. The van der Waals surface area contributed by atoms with Crippen molar-refractivity contribution in [2.45, 2.75) is 25.8 Å². The Labute approximate surface area is 61.0 Å². The lowest BCUT2D eigenvalue weighted by Crippen LogP contribution is -2.31. The molecule has 58 valence electrons. The third-order valence-corrected chi connectivity index (χ3v) is 1.95. The molecule has 0 aromatic heterocycles. The van der Waals surface area contributed by atoms with E-state index >= 15 is 0 Å². The zero-order chi connectivity index (χ0) is 7.78. The molecule has 2 unspecified atom stereocenters. The van der Waals surface area contributed by atoms with Gasteiger partial charge in [-0.15, -0.1) is 0 Å². The molecule has 0 saturated heterocycles. The van der Waals surface area contributed by atoms with Crippen LogP contribution >= 0.6 is 0 Å². The third kappa shape index (κ3) is 1.29. The van der Waals surface area contributed by atoms with Crippen LogP contribution in [0.25, 0.3) is 0 Å². The molecule has 3 heteroatoms. The van der Waals surface area contributed by atoms with Crippen molar-refractivity contribution in [3.05, 3.63) is 0 Å². The van der Waals surface area contributed by atoms with Crippen molar-refractivity contribution >= 4 is 5.91 Å². The van der Waals surface area contributed by atoms with E-state index in [2.05, 4.69) is 5.32 Å². The molecule has 1 amide bonds. The van der Waals surface area contributed by atoms with Crippen LogP contribution in [0.3, 0.4) is 0 Å². The molecule has 0 aromatic carbocycles. The maximum Gasteiger partial charge on any atom is 0.225 e. The SMILES string of the molecule is CCNC(=O)C1CC1(C)N. The van der Waals surface area contributed by atoms with Crippen LogP contribution in [0.2, 0.25) is 0 Å². The summed E-state index contributed by atoms with van der Waals surface area (Å²) in [6.45, 7) is 4.52. The predicted octanol–water partition coefficient (Wildman–Crippen LogP) is -0.140. The van der Waals surface area contributed by atoms with E-state index in [0.717, 1.165) is 6.42 Å². The van der Waals surface area contributed by atoms with Gasteiger partial charge in [0.25, 0.3) is 0 Å². The molecular weight excluding hydrogens is 128 g/mol. The predicted molar refractivity (Wildman–Crippen MR) is 39.4 cm³/mol. The fraction of sp³-hybridized carbons (Fsp3) is 0.857. The normalized spacial score (nSPS) is 37.3. The van der Waals surface area contributed by atoms with Crippen molar-refractivity contribution in [2.24, 2.45) is 11.7 Å². The van der Waals surface area contributed by atoms with Gasteiger partial charge in [-0.1, -0.05) is 0 Å². The zero-order valence-corrected chi connectivity index (χ0v) is 6.48. The van der Waals surface area contributed by atoms with Crippen molar-refractivity contribution in [1.29, 1.82) is 0 Å². The summed E-state index contributed by atoms with van der Waals surface area (Å²) >= 11 is 0. The molecule has 0 radical (unpaired) electrons. The van der Waals surface area contributed by atoms with Crippen molar-refractivity contribution in [3.8, 4) is 0 Å². The van der Waals surface area contributed by atoms with Gasteiger partial charge in [0.1, 0.15) is 0 Å². The topological polar surface area (TPSA) is 55.1 Å². The molecule has 1 aliphatic rings. The molecule has 0 aromatic rings. The maximum absolute atomic E-state index is 11.0. The Bertz CT molecular complexity index is 154. The molecule has 2 atom stereocenters. The Morgan fingerprint density at radius 1 is 1.90 bits per heavy atom. The number of hydrogen-bond donors (Lipinski definition) is 2. The minimum atomic E-state index is -0.223. The van der Waals surface area contributed by atoms with Gasteiger partial charge in [-0.3, -0.25) is 4.79 Å². The van der Waals surface area contributed by atoms with Crippen LogP contribution in [-0.2, 0) is 4.79 Å². The summed E-state index contributed by atoms with van der Waals surface area (Å²) in [4.78, 5) is 11.0. The standard InChI is InChI=1S/C7H14N2O/c1-3-9-6(10)5-4-7(5,2)8/h5H,3-4,8H2,1-2H3,(H,9,10). The van der Waals surface area contributed by atoms with Crippen molar-refractivity contribution < 1.29 is 4.79 Å². The van der Waals surface area contributed by atoms with E-state index in [1.54, 1.807) is 0 Å². The van der Waals surface area contributed by atoms with Gasteiger partial charge in [0.2, 0.25) is 5.91 Å². The second kappa shape index (κ2) is 2.23. The Morgan fingerprint density at radius 3 is 2.70 bits per heavy atom. The average Bonchev–Trinajstić information content (AvgIpc) is 2.41. The van der Waals surface area contributed by atoms with Gasteiger partial charge >= 0.3 is 0 Å². The van der Waals surface area contributed by atoms with Gasteiger partial charge in [-0.2, -0.15) is 0 Å². The number of amides is 1. The van der Waals surface area contributed by atoms with Gasteiger partial charge in [-0.25, -0.2) is 0 Å². The fourth-order valence-corrected chi connectivity index (χ4v) is 1.07. The molecule has 0 heterocycles. The molecule has 3 N–H and O–H groups in total. The Hall–Kier alpha value is -0.570. The van der Waals surface area contributed by atoms with E-state index in [9.17, 15) is 4.79 Å². The zero-order valence-electron chi connectivity index (χ0n) is 6.48. The summed E-state index contributed by atoms with van der Waals surface area (Å²) in [5.74, 6) is 0.167. The summed E-state index contributed by atoms with van der Waals surface area (Å²) in [7, 11) is 0. The van der Waals surface area contributed by atoms with Crippen molar-refractivity contribution in [1.82, 2.24) is 5.32 Å². The van der Waals surface area contributed by atoms with Crippen LogP contribution in [0.4, 0.5) is 0 Å². The van der Waals surface area contributed by atoms with Gasteiger partial charge in [0.15, 0.2) is 0 Å². The van der Waals surface area contributed by atoms with E-state index in [-0.39, 0.29) is 17.4 Å². The van der Waals surface area contributed by atoms with Gasteiger partial charge in [-0.05, 0) is 20.3 Å².